The van der Waals surface area contributed by atoms with Gasteiger partial charge in [-0.1, -0.05) is 12.2 Å². The van der Waals surface area contributed by atoms with Crippen molar-refractivity contribution in [2.45, 2.75) is 0 Å². The monoisotopic (exact) mass is 174 g/mol. The van der Waals surface area contributed by atoms with E-state index >= 15 is 0 Å². The van der Waals surface area contributed by atoms with Crippen LogP contribution in [0.2, 0.25) is 0 Å². The molecular weight excluding hydrogens is 164 g/mol. The summed E-state index contributed by atoms with van der Waals surface area (Å²) in [5.41, 5.74) is 6.40. The predicted octanol–water partition coefficient (Wildman–Crippen LogP) is 1.24. The second-order valence-electron chi connectivity index (χ2n) is 2.52. The molecule has 0 amide bonds. The maximum absolute atomic E-state index is 9.36. The van der Waals surface area contributed by atoms with Gasteiger partial charge in [-0.3, -0.25) is 0 Å². The average molecular weight is 174 g/mol. The summed E-state index contributed by atoms with van der Waals surface area (Å²) in [5.74, 6) is 0.156. The van der Waals surface area contributed by atoms with Crippen molar-refractivity contribution >= 4 is 6.08 Å². The Hall–Kier alpha value is -1.79. The Morgan fingerprint density at radius 3 is 2.92 bits per heavy atom. The highest BCUT2D eigenvalue weighted by atomic mass is 16.3. The molecule has 1 aromatic rings. The summed E-state index contributed by atoms with van der Waals surface area (Å²) in [6, 6.07) is 6.67. The van der Waals surface area contributed by atoms with E-state index in [1.807, 2.05) is 6.07 Å². The van der Waals surface area contributed by atoms with Gasteiger partial charge in [-0.15, -0.1) is 0 Å². The first-order chi connectivity index (χ1) is 6.27. The van der Waals surface area contributed by atoms with Crippen LogP contribution in [0.25, 0.3) is 6.08 Å². The molecule has 0 aliphatic rings. The highest BCUT2D eigenvalue weighted by Gasteiger charge is 1.97. The van der Waals surface area contributed by atoms with Crippen LogP contribution in [0.4, 0.5) is 0 Å². The van der Waals surface area contributed by atoms with E-state index in [0.717, 1.165) is 0 Å². The molecule has 0 atom stereocenters. The number of hydrogen-bond donors (Lipinski definition) is 2. The molecule has 0 aromatic heterocycles. The average Bonchev–Trinajstić information content (AvgIpc) is 2.17. The molecule has 3 heteroatoms. The van der Waals surface area contributed by atoms with Crippen molar-refractivity contribution in [2.75, 3.05) is 6.54 Å². The molecule has 3 N–H and O–H groups in total. The van der Waals surface area contributed by atoms with Crippen LogP contribution in [0.1, 0.15) is 11.1 Å². The van der Waals surface area contributed by atoms with Gasteiger partial charge in [-0.2, -0.15) is 5.26 Å². The van der Waals surface area contributed by atoms with Gasteiger partial charge in [-0.25, -0.2) is 0 Å². The van der Waals surface area contributed by atoms with Gasteiger partial charge in [0.05, 0.1) is 11.6 Å². The molecular formula is C10H10N2O. The molecule has 13 heavy (non-hydrogen) atoms. The van der Waals surface area contributed by atoms with E-state index in [1.54, 1.807) is 24.3 Å². The first kappa shape index (κ1) is 9.30. The molecule has 0 unspecified atom stereocenters. The number of nitrogens with zero attached hydrogens (tertiary/aromatic N) is 1. The van der Waals surface area contributed by atoms with E-state index < -0.39 is 0 Å². The fourth-order valence-corrected chi connectivity index (χ4v) is 0.953. The summed E-state index contributed by atoms with van der Waals surface area (Å²) in [5, 5.41) is 18.0. The van der Waals surface area contributed by atoms with E-state index in [4.69, 9.17) is 11.0 Å². The minimum atomic E-state index is 0.156. The van der Waals surface area contributed by atoms with Crippen LogP contribution >= 0.6 is 0 Å². The van der Waals surface area contributed by atoms with Crippen LogP contribution < -0.4 is 5.73 Å². The third-order valence-corrected chi connectivity index (χ3v) is 1.59. The van der Waals surface area contributed by atoms with E-state index in [9.17, 15) is 5.11 Å². The molecule has 66 valence electrons. The third-order valence-electron chi connectivity index (χ3n) is 1.59. The van der Waals surface area contributed by atoms with Crippen molar-refractivity contribution in [1.29, 1.82) is 5.26 Å². The Kier molecular flexibility index (Phi) is 3.07. The normalized spacial score (nSPS) is 10.2. The largest absolute Gasteiger partial charge is 0.507 e. The van der Waals surface area contributed by atoms with Crippen LogP contribution in [-0.4, -0.2) is 11.7 Å². The topological polar surface area (TPSA) is 70.0 Å². The minimum Gasteiger partial charge on any atom is -0.507 e. The molecule has 1 aromatic carbocycles. The number of aromatic hydroxyl groups is 1. The molecule has 0 aliphatic carbocycles. The molecule has 0 fully saturated rings. The number of phenols is 1. The predicted molar refractivity (Wildman–Crippen MR) is 50.9 cm³/mol. The van der Waals surface area contributed by atoms with Crippen molar-refractivity contribution in [2.24, 2.45) is 5.73 Å². The van der Waals surface area contributed by atoms with Gasteiger partial charge in [0.1, 0.15) is 5.75 Å². The van der Waals surface area contributed by atoms with Crippen LogP contribution in [-0.2, 0) is 0 Å². The zero-order chi connectivity index (χ0) is 9.68. The van der Waals surface area contributed by atoms with Crippen molar-refractivity contribution in [3.8, 4) is 11.8 Å². The third kappa shape index (κ3) is 2.32. The van der Waals surface area contributed by atoms with E-state index in [-0.39, 0.29) is 5.75 Å². The Labute approximate surface area is 76.7 Å². The lowest BCUT2D eigenvalue weighted by molar-refractivity contribution is 0.474. The lowest BCUT2D eigenvalue weighted by Gasteiger charge is -1.98. The highest BCUT2D eigenvalue weighted by Crippen LogP contribution is 2.19. The van der Waals surface area contributed by atoms with Gasteiger partial charge in [-0.05, 0) is 18.2 Å². The van der Waals surface area contributed by atoms with Gasteiger partial charge in [0.15, 0.2) is 0 Å². The number of rotatable bonds is 2. The Balaban J connectivity index is 3.06. The van der Waals surface area contributed by atoms with Crippen LogP contribution in [0, 0.1) is 11.3 Å². The Morgan fingerprint density at radius 2 is 2.31 bits per heavy atom. The molecule has 0 bridgehead atoms. The molecule has 0 radical (unpaired) electrons. The molecule has 0 saturated carbocycles. The van der Waals surface area contributed by atoms with Gasteiger partial charge in [0.2, 0.25) is 0 Å². The summed E-state index contributed by atoms with van der Waals surface area (Å²) in [6.07, 6.45) is 3.41. The maximum Gasteiger partial charge on any atom is 0.122 e. The smallest absolute Gasteiger partial charge is 0.122 e. The van der Waals surface area contributed by atoms with Crippen LogP contribution in [0.15, 0.2) is 24.3 Å². The Morgan fingerprint density at radius 1 is 1.54 bits per heavy atom. The lowest BCUT2D eigenvalue weighted by Crippen LogP contribution is -1.92. The molecule has 0 saturated heterocycles. The van der Waals surface area contributed by atoms with Gasteiger partial charge >= 0.3 is 0 Å². The first-order valence-corrected chi connectivity index (χ1v) is 3.87. The quantitative estimate of drug-likeness (QED) is 0.708. The van der Waals surface area contributed by atoms with Crippen molar-refractivity contribution < 1.29 is 5.11 Å². The van der Waals surface area contributed by atoms with Crippen LogP contribution in [0.3, 0.4) is 0 Å². The number of nitrogens with two attached hydrogens (primary N) is 1. The fraction of sp³-hybridized carbons (Fsp3) is 0.100. The summed E-state index contributed by atoms with van der Waals surface area (Å²) in [4.78, 5) is 0. The second kappa shape index (κ2) is 4.29. The van der Waals surface area contributed by atoms with E-state index in [0.29, 0.717) is 17.7 Å². The molecule has 1 rings (SSSR count). The lowest BCUT2D eigenvalue weighted by atomic mass is 10.1. The zero-order valence-corrected chi connectivity index (χ0v) is 7.07. The molecule has 3 nitrogen and oxygen atoms in total. The Bertz CT molecular complexity index is 364. The maximum atomic E-state index is 9.36. The van der Waals surface area contributed by atoms with Crippen molar-refractivity contribution in [1.82, 2.24) is 0 Å². The first-order valence-electron chi connectivity index (χ1n) is 3.87. The molecule has 0 heterocycles. The van der Waals surface area contributed by atoms with Crippen LogP contribution in [0.5, 0.6) is 5.75 Å². The summed E-state index contributed by atoms with van der Waals surface area (Å²) in [7, 11) is 0. The van der Waals surface area contributed by atoms with Gasteiger partial charge < -0.3 is 10.8 Å². The fourth-order valence-electron chi connectivity index (χ4n) is 0.953. The summed E-state index contributed by atoms with van der Waals surface area (Å²) < 4.78 is 0. The molecule has 0 spiro atoms. The summed E-state index contributed by atoms with van der Waals surface area (Å²) in [6.45, 7) is 0.413. The number of benzene rings is 1. The number of hydrogen-bond acceptors (Lipinski definition) is 3. The zero-order valence-electron chi connectivity index (χ0n) is 7.07. The highest BCUT2D eigenvalue weighted by molar-refractivity contribution is 5.59. The SMILES string of the molecule is N#Cc1ccc(O)c(C=CCN)c1. The van der Waals surface area contributed by atoms with Gasteiger partial charge in [0, 0.05) is 12.1 Å². The van der Waals surface area contributed by atoms with E-state index in [2.05, 4.69) is 0 Å². The molecule has 0 aliphatic heterocycles. The van der Waals surface area contributed by atoms with Gasteiger partial charge in [0.25, 0.3) is 0 Å². The number of phenolic OH excluding ortho intramolecular Hbond substituents is 1. The van der Waals surface area contributed by atoms with Crippen molar-refractivity contribution in [3.05, 3.63) is 35.4 Å². The second-order valence-corrected chi connectivity index (χ2v) is 2.52. The minimum absolute atomic E-state index is 0.156. The van der Waals surface area contributed by atoms with Crippen molar-refractivity contribution in [3.63, 3.8) is 0 Å². The van der Waals surface area contributed by atoms with E-state index in [1.165, 1.54) is 6.07 Å². The standard InChI is InChI=1S/C10H10N2O/c11-5-1-2-9-6-8(7-12)3-4-10(9)13/h1-4,6,13H,5,11H2. The number of nitriles is 1. The summed E-state index contributed by atoms with van der Waals surface area (Å²) >= 11 is 0.